The van der Waals surface area contributed by atoms with E-state index in [0.717, 1.165) is 12.8 Å². The SMILES string of the molecule is COCCN1C(=O)CO[C@H]2CN(C(=O)C3CCOCC3)C[C@@H]21. The number of fused-ring (bicyclic) bond motifs is 1. The molecule has 0 radical (unpaired) electrons. The van der Waals surface area contributed by atoms with Crippen molar-refractivity contribution in [2.45, 2.75) is 25.0 Å². The van der Waals surface area contributed by atoms with E-state index in [9.17, 15) is 9.59 Å². The second-order valence-electron chi connectivity index (χ2n) is 6.13. The van der Waals surface area contributed by atoms with E-state index in [2.05, 4.69) is 0 Å². The molecule has 3 heterocycles. The third-order valence-electron chi connectivity index (χ3n) is 4.80. The van der Waals surface area contributed by atoms with Crippen LogP contribution >= 0.6 is 0 Å². The summed E-state index contributed by atoms with van der Waals surface area (Å²) in [5.74, 6) is 0.219. The lowest BCUT2D eigenvalue weighted by Gasteiger charge is -2.36. The second-order valence-corrected chi connectivity index (χ2v) is 6.13. The zero-order valence-electron chi connectivity index (χ0n) is 13.0. The van der Waals surface area contributed by atoms with Crippen LogP contribution < -0.4 is 0 Å². The van der Waals surface area contributed by atoms with Crippen LogP contribution in [0.5, 0.6) is 0 Å². The van der Waals surface area contributed by atoms with Gasteiger partial charge < -0.3 is 24.0 Å². The van der Waals surface area contributed by atoms with E-state index in [-0.39, 0.29) is 36.5 Å². The summed E-state index contributed by atoms with van der Waals surface area (Å²) >= 11 is 0. The van der Waals surface area contributed by atoms with E-state index in [1.54, 1.807) is 7.11 Å². The van der Waals surface area contributed by atoms with Crippen LogP contribution in [0.1, 0.15) is 12.8 Å². The number of hydrogen-bond donors (Lipinski definition) is 0. The third kappa shape index (κ3) is 3.11. The third-order valence-corrected chi connectivity index (χ3v) is 4.80. The minimum Gasteiger partial charge on any atom is -0.383 e. The minimum atomic E-state index is -0.0710. The van der Waals surface area contributed by atoms with Gasteiger partial charge in [0, 0.05) is 45.9 Å². The Morgan fingerprint density at radius 3 is 2.82 bits per heavy atom. The van der Waals surface area contributed by atoms with Crippen LogP contribution in [-0.4, -0.2) is 86.9 Å². The lowest BCUT2D eigenvalue weighted by atomic mass is 9.99. The number of likely N-dealkylation sites (tertiary alicyclic amines) is 1. The fourth-order valence-electron chi connectivity index (χ4n) is 3.53. The number of rotatable bonds is 4. The fraction of sp³-hybridized carbons (Fsp3) is 0.867. The zero-order valence-corrected chi connectivity index (χ0v) is 13.0. The van der Waals surface area contributed by atoms with Crippen molar-refractivity contribution in [2.75, 3.05) is 53.2 Å². The van der Waals surface area contributed by atoms with Crippen molar-refractivity contribution in [1.82, 2.24) is 9.80 Å². The first-order chi connectivity index (χ1) is 10.7. The van der Waals surface area contributed by atoms with Crippen molar-refractivity contribution in [3.63, 3.8) is 0 Å². The average Bonchev–Trinajstić information content (AvgIpc) is 2.98. The number of carbonyl (C=O) groups is 2. The maximum absolute atomic E-state index is 12.6. The Morgan fingerprint density at radius 2 is 2.09 bits per heavy atom. The molecule has 0 aromatic carbocycles. The van der Waals surface area contributed by atoms with Crippen molar-refractivity contribution < 1.29 is 23.8 Å². The molecule has 2 atom stereocenters. The van der Waals surface area contributed by atoms with Crippen LogP contribution in [0, 0.1) is 5.92 Å². The van der Waals surface area contributed by atoms with Gasteiger partial charge in [0.15, 0.2) is 0 Å². The molecule has 3 aliphatic heterocycles. The molecule has 0 aromatic heterocycles. The molecular weight excluding hydrogens is 288 g/mol. The molecule has 0 aromatic rings. The highest BCUT2D eigenvalue weighted by molar-refractivity contribution is 5.81. The number of ether oxygens (including phenoxy) is 3. The number of carbonyl (C=O) groups excluding carboxylic acids is 2. The van der Waals surface area contributed by atoms with E-state index in [0.29, 0.717) is 39.5 Å². The highest BCUT2D eigenvalue weighted by Crippen LogP contribution is 2.26. The van der Waals surface area contributed by atoms with Gasteiger partial charge in [0.2, 0.25) is 11.8 Å². The summed E-state index contributed by atoms with van der Waals surface area (Å²) in [6.07, 6.45) is 1.51. The predicted molar refractivity (Wildman–Crippen MR) is 77.2 cm³/mol. The van der Waals surface area contributed by atoms with Crippen LogP contribution in [0.4, 0.5) is 0 Å². The Morgan fingerprint density at radius 1 is 1.32 bits per heavy atom. The Hall–Kier alpha value is -1.18. The van der Waals surface area contributed by atoms with Gasteiger partial charge in [-0.25, -0.2) is 0 Å². The Labute approximate surface area is 130 Å². The number of nitrogens with zero attached hydrogens (tertiary/aromatic N) is 2. The molecule has 0 aliphatic carbocycles. The van der Waals surface area contributed by atoms with Crippen molar-refractivity contribution in [3.8, 4) is 0 Å². The molecule has 3 rings (SSSR count). The first kappa shape index (κ1) is 15.7. The summed E-state index contributed by atoms with van der Waals surface area (Å²) in [4.78, 5) is 28.4. The first-order valence-electron chi connectivity index (χ1n) is 7.97. The van der Waals surface area contributed by atoms with E-state index < -0.39 is 0 Å². The molecular formula is C15H24N2O5. The molecule has 124 valence electrons. The predicted octanol–water partition coefficient (Wildman–Crippen LogP) is -0.502. The molecule has 3 aliphatic rings. The Bertz CT molecular complexity index is 424. The summed E-state index contributed by atoms with van der Waals surface area (Å²) in [5, 5.41) is 0. The van der Waals surface area contributed by atoms with Crippen LogP contribution in [0.2, 0.25) is 0 Å². The van der Waals surface area contributed by atoms with Crippen LogP contribution in [-0.2, 0) is 23.8 Å². The lowest BCUT2D eigenvalue weighted by molar-refractivity contribution is -0.153. The molecule has 0 spiro atoms. The van der Waals surface area contributed by atoms with Crippen molar-refractivity contribution in [3.05, 3.63) is 0 Å². The van der Waals surface area contributed by atoms with Crippen molar-refractivity contribution in [1.29, 1.82) is 0 Å². The Kier molecular flexibility index (Phi) is 4.95. The molecule has 7 nitrogen and oxygen atoms in total. The van der Waals surface area contributed by atoms with Crippen molar-refractivity contribution in [2.24, 2.45) is 5.92 Å². The summed E-state index contributed by atoms with van der Waals surface area (Å²) in [5.41, 5.74) is 0. The van der Waals surface area contributed by atoms with Gasteiger partial charge in [-0.2, -0.15) is 0 Å². The zero-order chi connectivity index (χ0) is 15.5. The van der Waals surface area contributed by atoms with Gasteiger partial charge in [-0.15, -0.1) is 0 Å². The highest BCUT2D eigenvalue weighted by Gasteiger charge is 2.45. The van der Waals surface area contributed by atoms with Crippen LogP contribution in [0.15, 0.2) is 0 Å². The first-order valence-corrected chi connectivity index (χ1v) is 7.97. The maximum Gasteiger partial charge on any atom is 0.249 e. The van der Waals surface area contributed by atoms with Gasteiger partial charge in [-0.3, -0.25) is 9.59 Å². The molecule has 7 heteroatoms. The van der Waals surface area contributed by atoms with E-state index in [1.165, 1.54) is 0 Å². The topological polar surface area (TPSA) is 68.3 Å². The summed E-state index contributed by atoms with van der Waals surface area (Å²) in [6.45, 7) is 3.62. The fourth-order valence-corrected chi connectivity index (χ4v) is 3.53. The molecule has 2 amide bonds. The van der Waals surface area contributed by atoms with Gasteiger partial charge in [-0.05, 0) is 12.8 Å². The minimum absolute atomic E-state index is 0.0151. The normalized spacial score (nSPS) is 29.8. The molecule has 0 bridgehead atoms. The summed E-state index contributed by atoms with van der Waals surface area (Å²) < 4.78 is 16.0. The summed E-state index contributed by atoms with van der Waals surface area (Å²) in [7, 11) is 1.62. The van der Waals surface area contributed by atoms with Crippen LogP contribution in [0.25, 0.3) is 0 Å². The number of amides is 2. The van der Waals surface area contributed by atoms with Gasteiger partial charge in [0.1, 0.15) is 6.61 Å². The number of hydrogen-bond acceptors (Lipinski definition) is 5. The van der Waals surface area contributed by atoms with E-state index >= 15 is 0 Å². The maximum atomic E-state index is 12.6. The quantitative estimate of drug-likeness (QED) is 0.700. The van der Waals surface area contributed by atoms with Crippen LogP contribution in [0.3, 0.4) is 0 Å². The van der Waals surface area contributed by atoms with Gasteiger partial charge in [0.25, 0.3) is 0 Å². The van der Waals surface area contributed by atoms with Gasteiger partial charge >= 0.3 is 0 Å². The molecule has 0 unspecified atom stereocenters. The molecule has 0 N–H and O–H groups in total. The van der Waals surface area contributed by atoms with Crippen molar-refractivity contribution >= 4 is 11.8 Å². The number of methoxy groups -OCH3 is 1. The smallest absolute Gasteiger partial charge is 0.249 e. The molecule has 0 saturated carbocycles. The van der Waals surface area contributed by atoms with E-state index in [1.807, 2.05) is 9.80 Å². The molecule has 3 saturated heterocycles. The number of morpholine rings is 1. The Balaban J connectivity index is 1.63. The van der Waals surface area contributed by atoms with E-state index in [4.69, 9.17) is 14.2 Å². The molecule has 3 fully saturated rings. The second kappa shape index (κ2) is 6.93. The largest absolute Gasteiger partial charge is 0.383 e. The standard InChI is InChI=1S/C15H24N2O5/c1-20-7-4-17-12-8-16(9-13(12)22-10-14(17)18)15(19)11-2-5-21-6-3-11/h11-13H,2-10H2,1H3/t12-,13-/m0/s1. The lowest BCUT2D eigenvalue weighted by Crippen LogP contribution is -2.54. The molecule has 22 heavy (non-hydrogen) atoms. The monoisotopic (exact) mass is 312 g/mol. The highest BCUT2D eigenvalue weighted by atomic mass is 16.5. The average molecular weight is 312 g/mol. The van der Waals surface area contributed by atoms with Gasteiger partial charge in [0.05, 0.1) is 18.8 Å². The summed E-state index contributed by atoms with van der Waals surface area (Å²) in [6, 6.07) is -0.0415. The van der Waals surface area contributed by atoms with Gasteiger partial charge in [-0.1, -0.05) is 0 Å².